The van der Waals surface area contributed by atoms with E-state index in [-0.39, 0.29) is 0 Å². The Balaban J connectivity index is 0.000000531. The summed E-state index contributed by atoms with van der Waals surface area (Å²) in [6, 6.07) is 1.83. The maximum Gasteiger partial charge on any atom is 0.134 e. The van der Waals surface area contributed by atoms with Gasteiger partial charge in [0.15, 0.2) is 0 Å². The maximum atomic E-state index is 7.00. The van der Waals surface area contributed by atoms with Crippen molar-refractivity contribution in [1.29, 1.82) is 0 Å². The Morgan fingerprint density at radius 1 is 1.20 bits per heavy atom. The maximum absolute atomic E-state index is 7.00. The van der Waals surface area contributed by atoms with Crippen LogP contribution in [0.25, 0.3) is 0 Å². The van der Waals surface area contributed by atoms with Crippen molar-refractivity contribution < 1.29 is 5.11 Å². The summed E-state index contributed by atoms with van der Waals surface area (Å²) in [6.45, 7) is 2.18. The fourth-order valence-corrected chi connectivity index (χ4v) is 1.76. The van der Waals surface area contributed by atoms with E-state index in [1.165, 1.54) is 25.6 Å². The number of hydrogen-bond acceptors (Lipinski definition) is 4. The van der Waals surface area contributed by atoms with Gasteiger partial charge in [-0.05, 0) is 19.3 Å². The van der Waals surface area contributed by atoms with E-state index < -0.39 is 0 Å². The molecule has 0 bridgehead atoms. The van der Waals surface area contributed by atoms with Gasteiger partial charge in [0.05, 0.1) is 0 Å². The average Bonchev–Trinajstić information content (AvgIpc) is 2.33. The molecule has 1 N–H and O–H groups in total. The van der Waals surface area contributed by atoms with Crippen LogP contribution in [0.1, 0.15) is 19.3 Å². The molecule has 1 aromatic rings. The molecule has 0 saturated carbocycles. The van der Waals surface area contributed by atoms with Gasteiger partial charge in [0.25, 0.3) is 0 Å². The molecule has 0 aliphatic carbocycles. The molecule has 84 valence electrons. The minimum Gasteiger partial charge on any atom is -0.400 e. The highest BCUT2D eigenvalue weighted by molar-refractivity contribution is 6.29. The summed E-state index contributed by atoms with van der Waals surface area (Å²) in [7, 11) is 1.00. The van der Waals surface area contributed by atoms with E-state index in [4.69, 9.17) is 16.7 Å². The summed E-state index contributed by atoms with van der Waals surface area (Å²) in [5.41, 5.74) is 0. The van der Waals surface area contributed by atoms with E-state index in [9.17, 15) is 0 Å². The number of piperidine rings is 1. The first-order valence-corrected chi connectivity index (χ1v) is 5.41. The molecule has 1 aliphatic heterocycles. The van der Waals surface area contributed by atoms with Gasteiger partial charge in [-0.2, -0.15) is 0 Å². The van der Waals surface area contributed by atoms with Crippen molar-refractivity contribution in [2.24, 2.45) is 0 Å². The number of hydrogen-bond donors (Lipinski definition) is 1. The second-order valence-electron chi connectivity index (χ2n) is 3.25. The second-order valence-corrected chi connectivity index (χ2v) is 3.63. The predicted octanol–water partition coefficient (Wildman–Crippen LogP) is 1.73. The molecule has 1 aromatic heterocycles. The highest BCUT2D eigenvalue weighted by atomic mass is 35.5. The number of rotatable bonds is 1. The number of anilines is 1. The van der Waals surface area contributed by atoms with E-state index in [0.717, 1.165) is 26.0 Å². The highest BCUT2D eigenvalue weighted by Crippen LogP contribution is 2.18. The molecule has 1 fully saturated rings. The summed E-state index contributed by atoms with van der Waals surface area (Å²) < 4.78 is 0. The molecule has 4 nitrogen and oxygen atoms in total. The van der Waals surface area contributed by atoms with Gasteiger partial charge in [0.2, 0.25) is 0 Å². The zero-order valence-electron chi connectivity index (χ0n) is 8.86. The molecular weight excluding hydrogens is 214 g/mol. The summed E-state index contributed by atoms with van der Waals surface area (Å²) in [5.74, 6) is 0.958. The van der Waals surface area contributed by atoms with Gasteiger partial charge in [-0.1, -0.05) is 11.6 Å². The Morgan fingerprint density at radius 2 is 1.87 bits per heavy atom. The molecule has 5 heteroatoms. The Bertz CT molecular complexity index is 290. The van der Waals surface area contributed by atoms with Crippen molar-refractivity contribution in [2.75, 3.05) is 25.1 Å². The van der Waals surface area contributed by atoms with Gasteiger partial charge in [-0.15, -0.1) is 0 Å². The van der Waals surface area contributed by atoms with Crippen molar-refractivity contribution in [3.8, 4) is 0 Å². The first-order valence-electron chi connectivity index (χ1n) is 5.03. The lowest BCUT2D eigenvalue weighted by Gasteiger charge is -2.27. The van der Waals surface area contributed by atoms with Crippen molar-refractivity contribution in [3.63, 3.8) is 0 Å². The second kappa shape index (κ2) is 6.58. The third kappa shape index (κ3) is 3.64. The van der Waals surface area contributed by atoms with Gasteiger partial charge >= 0.3 is 0 Å². The zero-order valence-corrected chi connectivity index (χ0v) is 9.61. The monoisotopic (exact) mass is 229 g/mol. The Hall–Kier alpha value is -0.870. The number of nitrogens with zero attached hydrogens (tertiary/aromatic N) is 3. The van der Waals surface area contributed by atoms with Crippen LogP contribution < -0.4 is 4.90 Å². The third-order valence-corrected chi connectivity index (χ3v) is 2.51. The van der Waals surface area contributed by atoms with Crippen LogP contribution in [-0.2, 0) is 0 Å². The zero-order chi connectivity index (χ0) is 11.1. The minimum atomic E-state index is 0.524. The molecule has 0 amide bonds. The molecule has 0 atom stereocenters. The smallest absolute Gasteiger partial charge is 0.134 e. The molecule has 2 heterocycles. The van der Waals surface area contributed by atoms with Crippen LogP contribution in [-0.4, -0.2) is 35.3 Å². The van der Waals surface area contributed by atoms with Crippen LogP contribution in [0.4, 0.5) is 5.82 Å². The van der Waals surface area contributed by atoms with Crippen LogP contribution in [0, 0.1) is 0 Å². The van der Waals surface area contributed by atoms with Gasteiger partial charge in [0, 0.05) is 26.3 Å². The quantitative estimate of drug-likeness (QED) is 0.746. The SMILES string of the molecule is CO.Clc1cc(N2CCCCC2)ncn1. The van der Waals surface area contributed by atoms with Gasteiger partial charge in [-0.25, -0.2) is 9.97 Å². The molecule has 15 heavy (non-hydrogen) atoms. The molecule has 0 spiro atoms. The minimum absolute atomic E-state index is 0.524. The van der Waals surface area contributed by atoms with E-state index in [1.807, 2.05) is 6.07 Å². The topological polar surface area (TPSA) is 49.2 Å². The van der Waals surface area contributed by atoms with Crippen molar-refractivity contribution in [3.05, 3.63) is 17.5 Å². The van der Waals surface area contributed by atoms with Crippen LogP contribution in [0.5, 0.6) is 0 Å². The number of aliphatic hydroxyl groups excluding tert-OH is 1. The van der Waals surface area contributed by atoms with E-state index in [1.54, 1.807) is 0 Å². The molecule has 0 radical (unpaired) electrons. The average molecular weight is 230 g/mol. The van der Waals surface area contributed by atoms with E-state index in [0.29, 0.717) is 5.15 Å². The van der Waals surface area contributed by atoms with Crippen LogP contribution >= 0.6 is 11.6 Å². The van der Waals surface area contributed by atoms with Gasteiger partial charge < -0.3 is 10.0 Å². The summed E-state index contributed by atoms with van der Waals surface area (Å²) in [5, 5.41) is 7.52. The fraction of sp³-hybridized carbons (Fsp3) is 0.600. The van der Waals surface area contributed by atoms with Crippen molar-refractivity contribution >= 4 is 17.4 Å². The summed E-state index contributed by atoms with van der Waals surface area (Å²) >= 11 is 5.79. The number of aromatic nitrogens is 2. The first-order chi connectivity index (χ1) is 7.36. The molecular formula is C10H16ClN3O. The fourth-order valence-electron chi connectivity index (χ4n) is 1.62. The van der Waals surface area contributed by atoms with Crippen LogP contribution in [0.2, 0.25) is 5.15 Å². The summed E-state index contributed by atoms with van der Waals surface area (Å²) in [4.78, 5) is 10.3. The molecule has 2 rings (SSSR count). The van der Waals surface area contributed by atoms with Crippen molar-refractivity contribution in [2.45, 2.75) is 19.3 Å². The Labute approximate surface area is 94.9 Å². The standard InChI is InChI=1S/C9H12ClN3.CH4O/c10-8-6-9(12-7-11-8)13-4-2-1-3-5-13;1-2/h6-7H,1-5H2;2H,1H3. The van der Waals surface area contributed by atoms with E-state index in [2.05, 4.69) is 14.9 Å². The molecule has 1 aliphatic rings. The molecule has 1 saturated heterocycles. The van der Waals surface area contributed by atoms with Crippen molar-refractivity contribution in [1.82, 2.24) is 9.97 Å². The highest BCUT2D eigenvalue weighted by Gasteiger charge is 2.11. The van der Waals surface area contributed by atoms with Gasteiger partial charge in [-0.3, -0.25) is 0 Å². The van der Waals surface area contributed by atoms with Crippen LogP contribution in [0.15, 0.2) is 12.4 Å². The lowest BCUT2D eigenvalue weighted by Crippen LogP contribution is -2.30. The largest absolute Gasteiger partial charge is 0.400 e. The lowest BCUT2D eigenvalue weighted by atomic mass is 10.1. The first kappa shape index (κ1) is 12.2. The van der Waals surface area contributed by atoms with Crippen LogP contribution in [0.3, 0.4) is 0 Å². The number of aliphatic hydroxyl groups is 1. The molecule has 0 unspecified atom stereocenters. The number of halogens is 1. The van der Waals surface area contributed by atoms with E-state index >= 15 is 0 Å². The predicted molar refractivity (Wildman–Crippen MR) is 61.2 cm³/mol. The normalized spacial score (nSPS) is 15.5. The summed E-state index contributed by atoms with van der Waals surface area (Å²) in [6.07, 6.45) is 5.35. The third-order valence-electron chi connectivity index (χ3n) is 2.30. The molecule has 0 aromatic carbocycles. The lowest BCUT2D eigenvalue weighted by molar-refractivity contribution is 0.399. The Morgan fingerprint density at radius 3 is 2.47 bits per heavy atom. The van der Waals surface area contributed by atoms with Gasteiger partial charge in [0.1, 0.15) is 17.3 Å². The Kier molecular flexibility index (Phi) is 5.36.